The van der Waals surface area contributed by atoms with Gasteiger partial charge in [-0.15, -0.1) is 0 Å². The molecule has 0 spiro atoms. The summed E-state index contributed by atoms with van der Waals surface area (Å²) in [6.45, 7) is 0. The van der Waals surface area contributed by atoms with Gasteiger partial charge in [0.15, 0.2) is 0 Å². The first-order valence-corrected chi connectivity index (χ1v) is 5.68. The van der Waals surface area contributed by atoms with E-state index in [-0.39, 0.29) is 36.0 Å². The zero-order valence-corrected chi connectivity index (χ0v) is 11.5. The number of rotatable bonds is 4. The quantitative estimate of drug-likeness (QED) is 0.453. The standard InChI is InChI=1S/C8H10N2O4S.Na/c11-8(3-6-15(12,13)14)10-7-1-4-9-5-2-7;/h1-2,4-5H,3,6H2,(H,9,10,11)(H,12,13,14);/q;+1/p-1. The molecule has 0 aromatic carbocycles. The maximum atomic E-state index is 11.1. The fraction of sp³-hybridized carbons (Fsp3) is 0.250. The van der Waals surface area contributed by atoms with E-state index >= 15 is 0 Å². The molecule has 0 unspecified atom stereocenters. The Labute approximate surface area is 115 Å². The second kappa shape index (κ2) is 6.97. The molecular formula is C8H9N2NaO4S. The molecule has 82 valence electrons. The molecule has 0 bridgehead atoms. The predicted octanol–water partition coefficient (Wildman–Crippen LogP) is -3.04. The molecule has 1 N–H and O–H groups in total. The van der Waals surface area contributed by atoms with Crippen LogP contribution in [0, 0.1) is 0 Å². The van der Waals surface area contributed by atoms with Crippen molar-refractivity contribution in [3.63, 3.8) is 0 Å². The molecule has 0 saturated carbocycles. The van der Waals surface area contributed by atoms with Gasteiger partial charge in [-0.1, -0.05) is 0 Å². The Morgan fingerprint density at radius 3 is 2.44 bits per heavy atom. The number of anilines is 1. The average Bonchev–Trinajstić information content (AvgIpc) is 2.15. The summed E-state index contributed by atoms with van der Waals surface area (Å²) in [6, 6.07) is 3.12. The van der Waals surface area contributed by atoms with Crippen LogP contribution in [0.25, 0.3) is 0 Å². The van der Waals surface area contributed by atoms with Gasteiger partial charge < -0.3 is 9.87 Å². The van der Waals surface area contributed by atoms with Crippen molar-refractivity contribution in [2.45, 2.75) is 6.42 Å². The van der Waals surface area contributed by atoms with Crippen LogP contribution in [-0.4, -0.2) is 29.6 Å². The molecule has 1 aromatic heterocycles. The van der Waals surface area contributed by atoms with Crippen molar-refractivity contribution in [2.75, 3.05) is 11.1 Å². The summed E-state index contributed by atoms with van der Waals surface area (Å²) >= 11 is 0. The van der Waals surface area contributed by atoms with Crippen LogP contribution in [0.2, 0.25) is 0 Å². The summed E-state index contributed by atoms with van der Waals surface area (Å²) in [7, 11) is -4.33. The van der Waals surface area contributed by atoms with Gasteiger partial charge in [0.05, 0.1) is 10.1 Å². The molecule has 1 amide bonds. The molecule has 16 heavy (non-hydrogen) atoms. The molecule has 0 atom stereocenters. The number of carbonyl (C=O) groups excluding carboxylic acids is 1. The molecule has 0 fully saturated rings. The summed E-state index contributed by atoms with van der Waals surface area (Å²) in [5, 5.41) is 2.43. The summed E-state index contributed by atoms with van der Waals surface area (Å²) in [5.41, 5.74) is 0.512. The Morgan fingerprint density at radius 1 is 1.38 bits per heavy atom. The SMILES string of the molecule is O=C(CCS(=O)(=O)[O-])Nc1ccncc1.[Na+]. The van der Waals surface area contributed by atoms with Crippen LogP contribution in [0.5, 0.6) is 0 Å². The molecule has 0 saturated heterocycles. The van der Waals surface area contributed by atoms with Gasteiger partial charge in [-0.05, 0) is 12.1 Å². The van der Waals surface area contributed by atoms with E-state index in [0.29, 0.717) is 5.69 Å². The van der Waals surface area contributed by atoms with E-state index in [2.05, 4.69) is 10.3 Å². The molecule has 1 aromatic rings. The third kappa shape index (κ3) is 6.91. The van der Waals surface area contributed by atoms with Gasteiger partial charge >= 0.3 is 29.6 Å². The number of nitrogens with one attached hydrogen (secondary N) is 1. The van der Waals surface area contributed by atoms with Crippen molar-refractivity contribution in [1.82, 2.24) is 4.98 Å². The zero-order valence-electron chi connectivity index (χ0n) is 8.71. The predicted molar refractivity (Wildman–Crippen MR) is 52.0 cm³/mol. The third-order valence-electron chi connectivity index (χ3n) is 1.54. The zero-order chi connectivity index (χ0) is 11.3. The van der Waals surface area contributed by atoms with Gasteiger partial charge in [0.2, 0.25) is 5.91 Å². The van der Waals surface area contributed by atoms with Crippen LogP contribution in [0.4, 0.5) is 5.69 Å². The Bertz CT molecular complexity index is 435. The summed E-state index contributed by atoms with van der Waals surface area (Å²) < 4.78 is 30.7. The van der Waals surface area contributed by atoms with Crippen molar-refractivity contribution < 1.29 is 47.3 Å². The normalized spacial score (nSPS) is 10.3. The number of nitrogens with zero attached hydrogens (tertiary/aromatic N) is 1. The first-order valence-electron chi connectivity index (χ1n) is 4.11. The Morgan fingerprint density at radius 2 is 1.94 bits per heavy atom. The van der Waals surface area contributed by atoms with Gasteiger partial charge in [-0.3, -0.25) is 9.78 Å². The molecule has 0 aliphatic rings. The Hall–Kier alpha value is -0.470. The van der Waals surface area contributed by atoms with Crippen LogP contribution in [0.15, 0.2) is 24.5 Å². The van der Waals surface area contributed by atoms with E-state index in [1.807, 2.05) is 0 Å². The summed E-state index contributed by atoms with van der Waals surface area (Å²) in [4.78, 5) is 14.9. The molecular weight excluding hydrogens is 243 g/mol. The Kier molecular flexibility index (Phi) is 6.77. The minimum atomic E-state index is -4.33. The van der Waals surface area contributed by atoms with Gasteiger partial charge in [0.1, 0.15) is 0 Å². The number of hydrogen-bond donors (Lipinski definition) is 1. The van der Waals surface area contributed by atoms with E-state index in [0.717, 1.165) is 0 Å². The minimum Gasteiger partial charge on any atom is -0.748 e. The van der Waals surface area contributed by atoms with Crippen molar-refractivity contribution >= 4 is 21.7 Å². The van der Waals surface area contributed by atoms with Crippen LogP contribution in [0.1, 0.15) is 6.42 Å². The fourth-order valence-corrected chi connectivity index (χ4v) is 1.31. The van der Waals surface area contributed by atoms with Gasteiger partial charge in [-0.25, -0.2) is 8.42 Å². The number of amides is 1. The second-order valence-electron chi connectivity index (χ2n) is 2.80. The fourth-order valence-electron chi connectivity index (χ4n) is 0.876. The van der Waals surface area contributed by atoms with E-state index in [4.69, 9.17) is 0 Å². The molecule has 0 radical (unpaired) electrons. The van der Waals surface area contributed by atoms with E-state index < -0.39 is 21.8 Å². The van der Waals surface area contributed by atoms with Crippen LogP contribution in [-0.2, 0) is 14.9 Å². The van der Waals surface area contributed by atoms with Crippen molar-refractivity contribution in [3.05, 3.63) is 24.5 Å². The van der Waals surface area contributed by atoms with Crippen LogP contribution < -0.4 is 34.9 Å². The van der Waals surface area contributed by atoms with Crippen molar-refractivity contribution in [3.8, 4) is 0 Å². The van der Waals surface area contributed by atoms with E-state index in [9.17, 15) is 17.8 Å². The first kappa shape index (κ1) is 15.5. The third-order valence-corrected chi connectivity index (χ3v) is 2.25. The van der Waals surface area contributed by atoms with E-state index in [1.54, 1.807) is 12.1 Å². The van der Waals surface area contributed by atoms with Gasteiger partial charge in [0.25, 0.3) is 0 Å². The van der Waals surface area contributed by atoms with Crippen molar-refractivity contribution in [2.24, 2.45) is 0 Å². The number of carbonyl (C=O) groups is 1. The van der Waals surface area contributed by atoms with Crippen LogP contribution in [0.3, 0.4) is 0 Å². The minimum absolute atomic E-state index is 0. The maximum Gasteiger partial charge on any atom is 1.00 e. The number of hydrogen-bond acceptors (Lipinski definition) is 5. The van der Waals surface area contributed by atoms with Crippen LogP contribution >= 0.6 is 0 Å². The second-order valence-corrected chi connectivity index (χ2v) is 4.32. The van der Waals surface area contributed by atoms with Gasteiger partial charge in [0, 0.05) is 30.3 Å². The maximum absolute atomic E-state index is 11.1. The molecule has 1 rings (SSSR count). The van der Waals surface area contributed by atoms with Crippen molar-refractivity contribution in [1.29, 1.82) is 0 Å². The molecule has 6 nitrogen and oxygen atoms in total. The summed E-state index contributed by atoms with van der Waals surface area (Å²) in [5.74, 6) is -1.20. The summed E-state index contributed by atoms with van der Waals surface area (Å²) in [6.07, 6.45) is 2.63. The van der Waals surface area contributed by atoms with E-state index in [1.165, 1.54) is 12.4 Å². The monoisotopic (exact) mass is 252 g/mol. The molecule has 0 aliphatic carbocycles. The van der Waals surface area contributed by atoms with Gasteiger partial charge in [-0.2, -0.15) is 0 Å². The smallest absolute Gasteiger partial charge is 0.748 e. The Balaban J connectivity index is 0.00000225. The first-order chi connectivity index (χ1) is 6.97. The molecule has 0 aliphatic heterocycles. The molecule has 1 heterocycles. The average molecular weight is 252 g/mol. The number of pyridine rings is 1. The largest absolute Gasteiger partial charge is 1.00 e. The number of aromatic nitrogens is 1. The molecule has 8 heteroatoms. The topological polar surface area (TPSA) is 99.2 Å².